The Morgan fingerprint density at radius 2 is 1.43 bits per heavy atom. The minimum Gasteiger partial charge on any atom is -0.464 e. The molecule has 0 atom stereocenters. The molecule has 0 aliphatic rings. The fraction of sp³-hybridized carbons (Fsp3) is 0.786. The average molecular weight is 303 g/mol. The number of carbonyl (C=O) groups excluding carboxylic acids is 3. The van der Waals surface area contributed by atoms with E-state index in [1.165, 1.54) is 13.8 Å². The Morgan fingerprint density at radius 1 is 1.00 bits per heavy atom. The van der Waals surface area contributed by atoms with E-state index in [0.29, 0.717) is 0 Å². The number of nitrogens with zero attached hydrogens (tertiary/aromatic N) is 1. The molecular weight excluding hydrogens is 278 g/mol. The van der Waals surface area contributed by atoms with E-state index in [2.05, 4.69) is 0 Å². The van der Waals surface area contributed by atoms with Crippen molar-refractivity contribution in [3.63, 3.8) is 0 Å². The third-order valence-corrected chi connectivity index (χ3v) is 2.38. The van der Waals surface area contributed by atoms with Gasteiger partial charge in [-0.2, -0.15) is 0 Å². The van der Waals surface area contributed by atoms with Crippen LogP contribution in [0.3, 0.4) is 0 Å². The van der Waals surface area contributed by atoms with Crippen molar-refractivity contribution < 1.29 is 28.6 Å². The van der Waals surface area contributed by atoms with E-state index >= 15 is 0 Å². The van der Waals surface area contributed by atoms with Crippen LogP contribution in [0.15, 0.2) is 0 Å². The largest absolute Gasteiger partial charge is 0.464 e. The highest BCUT2D eigenvalue weighted by Crippen LogP contribution is 2.08. The maximum absolute atomic E-state index is 11.8. The first kappa shape index (κ1) is 19.4. The molecule has 0 heterocycles. The van der Waals surface area contributed by atoms with Crippen LogP contribution in [0, 0.1) is 0 Å². The van der Waals surface area contributed by atoms with E-state index in [4.69, 9.17) is 14.2 Å². The van der Waals surface area contributed by atoms with Gasteiger partial charge in [-0.25, -0.2) is 0 Å². The van der Waals surface area contributed by atoms with E-state index in [1.54, 1.807) is 32.7 Å². The second-order valence-corrected chi connectivity index (χ2v) is 5.76. The van der Waals surface area contributed by atoms with Gasteiger partial charge in [0.05, 0.1) is 12.6 Å². The van der Waals surface area contributed by atoms with E-state index in [1.807, 2.05) is 0 Å². The Morgan fingerprint density at radius 3 is 1.76 bits per heavy atom. The van der Waals surface area contributed by atoms with Crippen LogP contribution in [-0.2, 0) is 28.6 Å². The predicted molar refractivity (Wildman–Crippen MR) is 75.5 cm³/mol. The lowest BCUT2D eigenvalue weighted by Gasteiger charge is -2.28. The molecule has 122 valence electrons. The van der Waals surface area contributed by atoms with E-state index in [-0.39, 0.29) is 19.8 Å². The SMILES string of the molecule is CC(=O)OCC(COC(C)=O)N(C)CC(=O)OC(C)(C)C. The van der Waals surface area contributed by atoms with Crippen molar-refractivity contribution in [2.24, 2.45) is 0 Å². The molecule has 0 bridgehead atoms. The molecule has 0 amide bonds. The van der Waals surface area contributed by atoms with Gasteiger partial charge in [-0.1, -0.05) is 0 Å². The molecule has 0 rings (SSSR count). The monoisotopic (exact) mass is 303 g/mol. The summed E-state index contributed by atoms with van der Waals surface area (Å²) in [6.45, 7) is 7.97. The maximum Gasteiger partial charge on any atom is 0.320 e. The Labute approximate surface area is 125 Å². The molecule has 0 fully saturated rings. The molecule has 0 unspecified atom stereocenters. The zero-order valence-corrected chi connectivity index (χ0v) is 13.6. The van der Waals surface area contributed by atoms with Crippen molar-refractivity contribution in [3.8, 4) is 0 Å². The van der Waals surface area contributed by atoms with Crippen LogP contribution in [0.5, 0.6) is 0 Å². The fourth-order valence-corrected chi connectivity index (χ4v) is 1.44. The van der Waals surface area contributed by atoms with Crippen LogP contribution in [-0.4, -0.2) is 61.3 Å². The van der Waals surface area contributed by atoms with E-state index < -0.39 is 29.6 Å². The summed E-state index contributed by atoms with van der Waals surface area (Å²) in [5.74, 6) is -1.28. The van der Waals surface area contributed by atoms with Gasteiger partial charge in [-0.3, -0.25) is 19.3 Å². The number of rotatable bonds is 7. The minimum absolute atomic E-state index is 0.00443. The van der Waals surface area contributed by atoms with Gasteiger partial charge in [0.15, 0.2) is 0 Å². The molecular formula is C14H25NO6. The molecule has 0 aromatic heterocycles. The molecule has 7 heteroatoms. The maximum atomic E-state index is 11.8. The summed E-state index contributed by atoms with van der Waals surface area (Å²) in [7, 11) is 1.67. The lowest BCUT2D eigenvalue weighted by molar-refractivity contribution is -0.157. The molecule has 0 radical (unpaired) electrons. The minimum atomic E-state index is -0.570. The summed E-state index contributed by atoms with van der Waals surface area (Å²) in [6, 6.07) is -0.412. The van der Waals surface area contributed by atoms with Crippen molar-refractivity contribution in [2.45, 2.75) is 46.3 Å². The average Bonchev–Trinajstić information content (AvgIpc) is 2.24. The molecule has 0 aliphatic heterocycles. The van der Waals surface area contributed by atoms with Crippen molar-refractivity contribution in [2.75, 3.05) is 26.8 Å². The first-order chi connectivity index (χ1) is 9.51. The molecule has 21 heavy (non-hydrogen) atoms. The molecule has 0 spiro atoms. The van der Waals surface area contributed by atoms with E-state index in [0.717, 1.165) is 0 Å². The molecule has 0 aromatic carbocycles. The summed E-state index contributed by atoms with van der Waals surface area (Å²) in [4.78, 5) is 35.2. The highest BCUT2D eigenvalue weighted by atomic mass is 16.6. The lowest BCUT2D eigenvalue weighted by Crippen LogP contribution is -2.44. The highest BCUT2D eigenvalue weighted by molar-refractivity contribution is 5.72. The number of esters is 3. The first-order valence-corrected chi connectivity index (χ1v) is 6.70. The Bertz CT molecular complexity index is 356. The van der Waals surface area contributed by atoms with Crippen molar-refractivity contribution in [1.29, 1.82) is 0 Å². The second kappa shape index (κ2) is 8.61. The van der Waals surface area contributed by atoms with Gasteiger partial charge in [-0.15, -0.1) is 0 Å². The second-order valence-electron chi connectivity index (χ2n) is 5.76. The fourth-order valence-electron chi connectivity index (χ4n) is 1.44. The lowest BCUT2D eigenvalue weighted by atomic mass is 10.2. The van der Waals surface area contributed by atoms with Crippen LogP contribution in [0.1, 0.15) is 34.6 Å². The summed E-state index contributed by atoms with van der Waals surface area (Å²) in [5, 5.41) is 0. The van der Waals surface area contributed by atoms with Crippen LogP contribution < -0.4 is 0 Å². The van der Waals surface area contributed by atoms with Gasteiger partial charge in [0.25, 0.3) is 0 Å². The predicted octanol–water partition coefficient (Wildman–Crippen LogP) is 0.755. The van der Waals surface area contributed by atoms with Crippen LogP contribution in [0.25, 0.3) is 0 Å². The highest BCUT2D eigenvalue weighted by Gasteiger charge is 2.23. The van der Waals surface area contributed by atoms with Crippen LogP contribution in [0.4, 0.5) is 0 Å². The van der Waals surface area contributed by atoms with Gasteiger partial charge < -0.3 is 14.2 Å². The van der Waals surface area contributed by atoms with Crippen molar-refractivity contribution >= 4 is 17.9 Å². The Balaban J connectivity index is 4.53. The van der Waals surface area contributed by atoms with Gasteiger partial charge in [0.1, 0.15) is 18.8 Å². The molecule has 0 aliphatic carbocycles. The summed E-state index contributed by atoms with van der Waals surface area (Å²) in [5.41, 5.74) is -0.570. The smallest absolute Gasteiger partial charge is 0.320 e. The van der Waals surface area contributed by atoms with Crippen molar-refractivity contribution in [1.82, 2.24) is 4.90 Å². The number of hydrogen-bond donors (Lipinski definition) is 0. The number of hydrogen-bond acceptors (Lipinski definition) is 7. The number of ether oxygens (including phenoxy) is 3. The first-order valence-electron chi connectivity index (χ1n) is 6.70. The summed E-state index contributed by atoms with van der Waals surface area (Å²) >= 11 is 0. The zero-order chi connectivity index (χ0) is 16.6. The molecule has 0 saturated carbocycles. The van der Waals surface area contributed by atoms with Crippen molar-refractivity contribution in [3.05, 3.63) is 0 Å². The zero-order valence-electron chi connectivity index (χ0n) is 13.6. The molecule has 0 aromatic rings. The summed E-state index contributed by atoms with van der Waals surface area (Å²) < 4.78 is 15.0. The number of likely N-dealkylation sites (N-methyl/N-ethyl adjacent to an activating group) is 1. The third-order valence-electron chi connectivity index (χ3n) is 2.38. The van der Waals surface area contributed by atoms with Crippen LogP contribution >= 0.6 is 0 Å². The van der Waals surface area contributed by atoms with Gasteiger partial charge >= 0.3 is 17.9 Å². The molecule has 0 N–H and O–H groups in total. The topological polar surface area (TPSA) is 82.1 Å². The Kier molecular flexibility index (Phi) is 7.94. The Hall–Kier alpha value is -1.63. The van der Waals surface area contributed by atoms with Crippen LogP contribution in [0.2, 0.25) is 0 Å². The van der Waals surface area contributed by atoms with Gasteiger partial charge in [0, 0.05) is 13.8 Å². The number of carbonyl (C=O) groups is 3. The van der Waals surface area contributed by atoms with E-state index in [9.17, 15) is 14.4 Å². The standard InChI is InChI=1S/C14H25NO6/c1-10(16)19-8-12(9-20-11(2)17)15(6)7-13(18)21-14(3,4)5/h12H,7-9H2,1-6H3. The summed E-state index contributed by atoms with van der Waals surface area (Å²) in [6.07, 6.45) is 0. The van der Waals surface area contributed by atoms with Gasteiger partial charge in [0.2, 0.25) is 0 Å². The quantitative estimate of drug-likeness (QED) is 0.507. The molecule has 7 nitrogen and oxygen atoms in total. The normalized spacial score (nSPS) is 11.4. The molecule has 0 saturated heterocycles. The van der Waals surface area contributed by atoms with Gasteiger partial charge in [-0.05, 0) is 27.8 Å². The third kappa shape index (κ3) is 10.8.